The summed E-state index contributed by atoms with van der Waals surface area (Å²) in [6.45, 7) is 1.52. The van der Waals surface area contributed by atoms with Crippen LogP contribution in [0, 0.1) is 18.3 Å². The molecule has 0 radical (unpaired) electrons. The molecule has 7 heteroatoms. The molecule has 0 aliphatic rings. The minimum absolute atomic E-state index is 0.0137. The third-order valence-electron chi connectivity index (χ3n) is 3.36. The lowest BCUT2D eigenvalue weighted by atomic mass is 10.1. The smallest absolute Gasteiger partial charge is 0.342 e. The Bertz CT molecular complexity index is 800. The predicted molar refractivity (Wildman–Crippen MR) is 84.8 cm³/mol. The molecule has 0 atom stereocenters. The molecule has 2 rings (SSSR count). The molecule has 0 aliphatic heterocycles. The molecule has 0 saturated carbocycles. The number of nitrogens with zero attached hydrogens (tertiary/aromatic N) is 1. The van der Waals surface area contributed by atoms with E-state index in [1.54, 1.807) is 31.4 Å². The molecule has 1 heterocycles. The Hall–Kier alpha value is -3.27. The van der Waals surface area contributed by atoms with E-state index in [0.29, 0.717) is 5.75 Å². The SMILES string of the molecule is COC(=O)c1c(C)oc(NC(=O)Cc2ccc(OC)cc2)c1C#N. The number of hydrogen-bond donors (Lipinski definition) is 1. The fourth-order valence-corrected chi connectivity index (χ4v) is 2.19. The van der Waals surface area contributed by atoms with Gasteiger partial charge in [-0.15, -0.1) is 0 Å². The zero-order valence-corrected chi connectivity index (χ0v) is 13.5. The lowest BCUT2D eigenvalue weighted by Crippen LogP contribution is -2.15. The van der Waals surface area contributed by atoms with E-state index in [0.717, 1.165) is 5.56 Å². The number of furan rings is 1. The van der Waals surface area contributed by atoms with E-state index in [1.165, 1.54) is 14.0 Å². The molecule has 0 saturated heterocycles. The molecule has 0 bridgehead atoms. The van der Waals surface area contributed by atoms with Crippen LogP contribution in [0.5, 0.6) is 5.75 Å². The Balaban J connectivity index is 2.17. The third-order valence-corrected chi connectivity index (χ3v) is 3.36. The highest BCUT2D eigenvalue weighted by atomic mass is 16.5. The number of carbonyl (C=O) groups excluding carboxylic acids is 2. The molecule has 1 aromatic heterocycles. The molecule has 2 aromatic rings. The van der Waals surface area contributed by atoms with Crippen molar-refractivity contribution in [2.24, 2.45) is 0 Å². The van der Waals surface area contributed by atoms with Crippen LogP contribution in [0.2, 0.25) is 0 Å². The summed E-state index contributed by atoms with van der Waals surface area (Å²) in [5.74, 6) is -0.229. The van der Waals surface area contributed by atoms with Gasteiger partial charge < -0.3 is 13.9 Å². The van der Waals surface area contributed by atoms with Gasteiger partial charge in [0.05, 0.1) is 20.6 Å². The maximum atomic E-state index is 12.1. The summed E-state index contributed by atoms with van der Waals surface area (Å²) in [4.78, 5) is 23.8. The lowest BCUT2D eigenvalue weighted by molar-refractivity contribution is -0.115. The highest BCUT2D eigenvalue weighted by molar-refractivity contribution is 5.98. The number of rotatable bonds is 5. The molecule has 0 fully saturated rings. The van der Waals surface area contributed by atoms with Crippen LogP contribution in [0.4, 0.5) is 5.88 Å². The van der Waals surface area contributed by atoms with Gasteiger partial charge in [0.1, 0.15) is 28.7 Å². The molecule has 124 valence electrons. The van der Waals surface area contributed by atoms with E-state index in [1.807, 2.05) is 6.07 Å². The molecule has 1 aromatic carbocycles. The Kier molecular flexibility index (Phi) is 5.22. The second-order valence-electron chi connectivity index (χ2n) is 4.91. The molecule has 1 amide bonds. The molecule has 7 nitrogen and oxygen atoms in total. The van der Waals surface area contributed by atoms with E-state index in [9.17, 15) is 14.9 Å². The Morgan fingerprint density at radius 3 is 2.46 bits per heavy atom. The second-order valence-corrected chi connectivity index (χ2v) is 4.91. The largest absolute Gasteiger partial charge is 0.497 e. The summed E-state index contributed by atoms with van der Waals surface area (Å²) < 4.78 is 15.0. The van der Waals surface area contributed by atoms with Crippen molar-refractivity contribution in [3.8, 4) is 11.8 Å². The van der Waals surface area contributed by atoms with Gasteiger partial charge in [-0.25, -0.2) is 4.79 Å². The molecule has 24 heavy (non-hydrogen) atoms. The molecule has 1 N–H and O–H groups in total. The molecule has 0 spiro atoms. The van der Waals surface area contributed by atoms with Gasteiger partial charge >= 0.3 is 5.97 Å². The Morgan fingerprint density at radius 1 is 1.25 bits per heavy atom. The van der Waals surface area contributed by atoms with Crippen LogP contribution < -0.4 is 10.1 Å². The summed E-state index contributed by atoms with van der Waals surface area (Å²) in [5, 5.41) is 11.7. The van der Waals surface area contributed by atoms with E-state index < -0.39 is 5.97 Å². The van der Waals surface area contributed by atoms with E-state index in [2.05, 4.69) is 10.1 Å². The summed E-state index contributed by atoms with van der Waals surface area (Å²) in [6, 6.07) is 8.87. The van der Waals surface area contributed by atoms with Crippen LogP contribution >= 0.6 is 0 Å². The molecule has 0 unspecified atom stereocenters. The highest BCUT2D eigenvalue weighted by Crippen LogP contribution is 2.27. The van der Waals surface area contributed by atoms with Crippen molar-refractivity contribution in [2.75, 3.05) is 19.5 Å². The third kappa shape index (κ3) is 3.55. The van der Waals surface area contributed by atoms with Gasteiger partial charge in [-0.1, -0.05) is 12.1 Å². The molecular formula is C17H16N2O5. The topological polar surface area (TPSA) is 102 Å². The van der Waals surface area contributed by atoms with Gasteiger partial charge in [-0.3, -0.25) is 10.1 Å². The van der Waals surface area contributed by atoms with Crippen LogP contribution in [0.25, 0.3) is 0 Å². The second kappa shape index (κ2) is 7.33. The van der Waals surface area contributed by atoms with Gasteiger partial charge in [-0.05, 0) is 24.6 Å². The van der Waals surface area contributed by atoms with Crippen molar-refractivity contribution in [3.63, 3.8) is 0 Å². The monoisotopic (exact) mass is 328 g/mol. The first-order valence-electron chi connectivity index (χ1n) is 7.04. The number of anilines is 1. The van der Waals surface area contributed by atoms with Gasteiger partial charge in [0.2, 0.25) is 11.8 Å². The first kappa shape index (κ1) is 17.1. The first-order valence-corrected chi connectivity index (χ1v) is 7.04. The lowest BCUT2D eigenvalue weighted by Gasteiger charge is -2.04. The Labute approximate surface area is 138 Å². The minimum atomic E-state index is -0.691. The van der Waals surface area contributed by atoms with Crippen molar-refractivity contribution in [1.29, 1.82) is 5.26 Å². The molecular weight excluding hydrogens is 312 g/mol. The van der Waals surface area contributed by atoms with Crippen LogP contribution in [-0.2, 0) is 16.0 Å². The highest BCUT2D eigenvalue weighted by Gasteiger charge is 2.25. The van der Waals surface area contributed by atoms with Crippen molar-refractivity contribution in [1.82, 2.24) is 0 Å². The summed E-state index contributed by atoms with van der Waals surface area (Å²) in [7, 11) is 2.77. The average molecular weight is 328 g/mol. The number of hydrogen-bond acceptors (Lipinski definition) is 6. The van der Waals surface area contributed by atoms with Crippen LogP contribution in [-0.4, -0.2) is 26.1 Å². The van der Waals surface area contributed by atoms with Crippen LogP contribution in [0.1, 0.15) is 27.2 Å². The summed E-state index contributed by atoms with van der Waals surface area (Å²) in [6.07, 6.45) is 0.0855. The summed E-state index contributed by atoms with van der Waals surface area (Å²) in [5.41, 5.74) is 0.727. The number of nitrogens with one attached hydrogen (secondary N) is 1. The number of methoxy groups -OCH3 is 2. The average Bonchev–Trinajstić information content (AvgIpc) is 2.89. The maximum absolute atomic E-state index is 12.1. The van der Waals surface area contributed by atoms with Gasteiger partial charge in [-0.2, -0.15) is 5.26 Å². The van der Waals surface area contributed by atoms with E-state index >= 15 is 0 Å². The van der Waals surface area contributed by atoms with E-state index in [-0.39, 0.29) is 35.1 Å². The minimum Gasteiger partial charge on any atom is -0.497 e. The number of ether oxygens (including phenoxy) is 2. The zero-order valence-electron chi connectivity index (χ0n) is 13.5. The fraction of sp³-hybridized carbons (Fsp3) is 0.235. The van der Waals surface area contributed by atoms with Crippen molar-refractivity contribution in [2.45, 2.75) is 13.3 Å². The standard InChI is InChI=1S/C17H16N2O5/c1-10-15(17(21)23-3)13(9-18)16(24-10)19-14(20)8-11-4-6-12(22-2)7-5-11/h4-7H,8H2,1-3H3,(H,19,20). The van der Waals surface area contributed by atoms with Crippen molar-refractivity contribution in [3.05, 3.63) is 46.7 Å². The number of nitriles is 1. The van der Waals surface area contributed by atoms with Crippen molar-refractivity contribution >= 4 is 17.8 Å². The normalized spacial score (nSPS) is 9.92. The van der Waals surface area contributed by atoms with Gasteiger partial charge in [0, 0.05) is 0 Å². The number of benzene rings is 1. The number of carbonyl (C=O) groups is 2. The number of amides is 1. The zero-order chi connectivity index (χ0) is 17.7. The van der Waals surface area contributed by atoms with E-state index in [4.69, 9.17) is 9.15 Å². The van der Waals surface area contributed by atoms with Crippen LogP contribution in [0.15, 0.2) is 28.7 Å². The summed E-state index contributed by atoms with van der Waals surface area (Å²) >= 11 is 0. The van der Waals surface area contributed by atoms with Gasteiger partial charge in [0.15, 0.2) is 0 Å². The van der Waals surface area contributed by atoms with Crippen molar-refractivity contribution < 1.29 is 23.5 Å². The molecule has 0 aliphatic carbocycles. The number of aryl methyl sites for hydroxylation is 1. The quantitative estimate of drug-likeness (QED) is 0.846. The first-order chi connectivity index (χ1) is 11.5. The fourth-order valence-electron chi connectivity index (χ4n) is 2.19. The maximum Gasteiger partial charge on any atom is 0.342 e. The number of esters is 1. The van der Waals surface area contributed by atoms with Crippen LogP contribution in [0.3, 0.4) is 0 Å². The predicted octanol–water partition coefficient (Wildman–Crippen LogP) is 2.44. The van der Waals surface area contributed by atoms with Gasteiger partial charge in [0.25, 0.3) is 0 Å². The Morgan fingerprint density at radius 2 is 1.92 bits per heavy atom.